The highest BCUT2D eigenvalue weighted by Crippen LogP contribution is 2.38. The van der Waals surface area contributed by atoms with E-state index in [1.165, 1.54) is 51.1 Å². The predicted octanol–water partition coefficient (Wildman–Crippen LogP) is 1.45. The maximum Gasteiger partial charge on any atom is 0.0723 e. The number of likely N-dealkylation sites (tertiary alicyclic amines) is 1. The van der Waals surface area contributed by atoms with Gasteiger partial charge in [-0.15, -0.1) is 0 Å². The minimum atomic E-state index is 0.147. The summed E-state index contributed by atoms with van der Waals surface area (Å²) in [5, 5.41) is 0. The highest BCUT2D eigenvalue weighted by atomic mass is 16.5. The standard InChI is InChI=1S/C19H30N4O/c1-21-10-12-23(13-11-21)18-14-19(24-16-18)5-8-22(9-6-19)15-17-4-2-3-7-20-17/h2-4,7,18H,5-6,8-16H2,1H3. The second kappa shape index (κ2) is 7.08. The van der Waals surface area contributed by atoms with Gasteiger partial charge < -0.3 is 9.64 Å². The lowest BCUT2D eigenvalue weighted by molar-refractivity contribution is -0.0456. The van der Waals surface area contributed by atoms with Gasteiger partial charge in [0.15, 0.2) is 0 Å². The Kier molecular flexibility index (Phi) is 4.86. The van der Waals surface area contributed by atoms with Crippen LogP contribution in [0, 0.1) is 0 Å². The number of hydrogen-bond donors (Lipinski definition) is 0. The van der Waals surface area contributed by atoms with Gasteiger partial charge >= 0.3 is 0 Å². The number of nitrogens with zero attached hydrogens (tertiary/aromatic N) is 4. The molecule has 3 saturated heterocycles. The SMILES string of the molecule is CN1CCN(C2COC3(CCN(Cc4ccccn4)CC3)C2)CC1. The minimum absolute atomic E-state index is 0.147. The van der Waals surface area contributed by atoms with E-state index in [2.05, 4.69) is 38.9 Å². The Balaban J connectivity index is 1.28. The summed E-state index contributed by atoms with van der Waals surface area (Å²) < 4.78 is 6.38. The quantitative estimate of drug-likeness (QED) is 0.837. The summed E-state index contributed by atoms with van der Waals surface area (Å²) >= 11 is 0. The van der Waals surface area contributed by atoms with Crippen LogP contribution in [0.15, 0.2) is 24.4 Å². The number of pyridine rings is 1. The van der Waals surface area contributed by atoms with Crippen LogP contribution in [0.2, 0.25) is 0 Å². The van der Waals surface area contributed by atoms with Gasteiger partial charge in [0, 0.05) is 58.1 Å². The summed E-state index contributed by atoms with van der Waals surface area (Å²) in [5.74, 6) is 0. The van der Waals surface area contributed by atoms with Gasteiger partial charge in [0.25, 0.3) is 0 Å². The average molecular weight is 330 g/mol. The number of ether oxygens (including phenoxy) is 1. The van der Waals surface area contributed by atoms with Gasteiger partial charge in [0.05, 0.1) is 17.9 Å². The van der Waals surface area contributed by atoms with Gasteiger partial charge in [-0.05, 0) is 38.4 Å². The molecule has 1 aromatic heterocycles. The Bertz CT molecular complexity index is 521. The van der Waals surface area contributed by atoms with E-state index in [-0.39, 0.29) is 5.60 Å². The molecule has 1 aromatic rings. The molecule has 0 amide bonds. The van der Waals surface area contributed by atoms with Crippen molar-refractivity contribution in [2.75, 3.05) is 52.9 Å². The molecule has 0 aliphatic carbocycles. The first-order valence-electron chi connectivity index (χ1n) is 9.41. The van der Waals surface area contributed by atoms with Crippen LogP contribution in [0.3, 0.4) is 0 Å². The summed E-state index contributed by atoms with van der Waals surface area (Å²) in [6, 6.07) is 6.83. The molecule has 0 aromatic carbocycles. The first-order valence-corrected chi connectivity index (χ1v) is 9.41. The molecule has 3 fully saturated rings. The van der Waals surface area contributed by atoms with Crippen LogP contribution in [0.4, 0.5) is 0 Å². The van der Waals surface area contributed by atoms with Crippen LogP contribution in [-0.2, 0) is 11.3 Å². The average Bonchev–Trinajstić information content (AvgIpc) is 3.03. The third-order valence-electron chi connectivity index (χ3n) is 6.12. The molecule has 0 N–H and O–H groups in total. The molecule has 132 valence electrons. The molecule has 5 heteroatoms. The molecule has 3 aliphatic heterocycles. The third-order valence-corrected chi connectivity index (χ3v) is 6.12. The molecule has 1 atom stereocenters. The monoisotopic (exact) mass is 330 g/mol. The fraction of sp³-hybridized carbons (Fsp3) is 0.737. The lowest BCUT2D eigenvalue weighted by Gasteiger charge is -2.39. The highest BCUT2D eigenvalue weighted by molar-refractivity contribution is 5.04. The van der Waals surface area contributed by atoms with E-state index >= 15 is 0 Å². The summed E-state index contributed by atoms with van der Waals surface area (Å²) in [7, 11) is 2.22. The van der Waals surface area contributed by atoms with Crippen molar-refractivity contribution in [3.05, 3.63) is 30.1 Å². The minimum Gasteiger partial charge on any atom is -0.373 e. The van der Waals surface area contributed by atoms with E-state index in [0.717, 1.165) is 26.2 Å². The van der Waals surface area contributed by atoms with Crippen LogP contribution < -0.4 is 0 Å². The topological polar surface area (TPSA) is 31.8 Å². The van der Waals surface area contributed by atoms with Crippen molar-refractivity contribution < 1.29 is 4.74 Å². The first kappa shape index (κ1) is 16.5. The van der Waals surface area contributed by atoms with Crippen molar-refractivity contribution in [1.82, 2.24) is 19.7 Å². The number of piperazine rings is 1. The van der Waals surface area contributed by atoms with E-state index in [4.69, 9.17) is 4.74 Å². The predicted molar refractivity (Wildman–Crippen MR) is 94.9 cm³/mol. The molecule has 24 heavy (non-hydrogen) atoms. The number of piperidine rings is 1. The summed E-state index contributed by atoms with van der Waals surface area (Å²) in [6.45, 7) is 8.96. The molecule has 3 aliphatic rings. The van der Waals surface area contributed by atoms with E-state index < -0.39 is 0 Å². The van der Waals surface area contributed by atoms with E-state index in [0.29, 0.717) is 6.04 Å². The Morgan fingerprint density at radius 3 is 2.62 bits per heavy atom. The fourth-order valence-corrected chi connectivity index (χ4v) is 4.43. The molecule has 5 nitrogen and oxygen atoms in total. The zero-order valence-electron chi connectivity index (χ0n) is 14.9. The van der Waals surface area contributed by atoms with Gasteiger partial charge in [-0.3, -0.25) is 14.8 Å². The number of aromatic nitrogens is 1. The second-order valence-electron chi connectivity index (χ2n) is 7.79. The molecular formula is C19H30N4O. The van der Waals surface area contributed by atoms with Gasteiger partial charge in [-0.2, -0.15) is 0 Å². The molecule has 4 heterocycles. The van der Waals surface area contributed by atoms with Crippen LogP contribution in [-0.4, -0.2) is 84.2 Å². The maximum absolute atomic E-state index is 6.38. The van der Waals surface area contributed by atoms with Gasteiger partial charge in [0.2, 0.25) is 0 Å². The van der Waals surface area contributed by atoms with Gasteiger partial charge in [-0.1, -0.05) is 6.07 Å². The van der Waals surface area contributed by atoms with Crippen LogP contribution in [0.5, 0.6) is 0 Å². The molecule has 4 rings (SSSR count). The smallest absolute Gasteiger partial charge is 0.0723 e. The van der Waals surface area contributed by atoms with Gasteiger partial charge in [0.1, 0.15) is 0 Å². The second-order valence-corrected chi connectivity index (χ2v) is 7.79. The van der Waals surface area contributed by atoms with Crippen LogP contribution in [0.25, 0.3) is 0 Å². The molecule has 0 radical (unpaired) electrons. The highest BCUT2D eigenvalue weighted by Gasteiger charge is 2.44. The Morgan fingerprint density at radius 1 is 1.12 bits per heavy atom. The first-order chi connectivity index (χ1) is 11.7. The Morgan fingerprint density at radius 2 is 1.92 bits per heavy atom. The van der Waals surface area contributed by atoms with Crippen molar-refractivity contribution in [1.29, 1.82) is 0 Å². The molecule has 0 saturated carbocycles. The summed E-state index contributed by atoms with van der Waals surface area (Å²) in [4.78, 5) is 12.1. The summed E-state index contributed by atoms with van der Waals surface area (Å²) in [6.07, 6.45) is 5.46. The van der Waals surface area contributed by atoms with Crippen molar-refractivity contribution >= 4 is 0 Å². The van der Waals surface area contributed by atoms with Crippen molar-refractivity contribution in [3.63, 3.8) is 0 Å². The normalized spacial score (nSPS) is 29.3. The lowest BCUT2D eigenvalue weighted by atomic mass is 9.87. The van der Waals surface area contributed by atoms with E-state index in [9.17, 15) is 0 Å². The largest absolute Gasteiger partial charge is 0.373 e. The fourth-order valence-electron chi connectivity index (χ4n) is 4.43. The van der Waals surface area contributed by atoms with Crippen LogP contribution in [0.1, 0.15) is 25.0 Å². The Hall–Kier alpha value is -1.01. The molecular weight excluding hydrogens is 300 g/mol. The number of likely N-dealkylation sites (N-methyl/N-ethyl adjacent to an activating group) is 1. The zero-order valence-corrected chi connectivity index (χ0v) is 14.9. The zero-order chi connectivity index (χ0) is 16.4. The van der Waals surface area contributed by atoms with Gasteiger partial charge in [-0.25, -0.2) is 0 Å². The van der Waals surface area contributed by atoms with Crippen molar-refractivity contribution in [2.24, 2.45) is 0 Å². The number of rotatable bonds is 3. The lowest BCUT2D eigenvalue weighted by Crippen LogP contribution is -2.50. The van der Waals surface area contributed by atoms with E-state index in [1.54, 1.807) is 0 Å². The maximum atomic E-state index is 6.38. The Labute approximate surface area is 145 Å². The molecule has 1 spiro atoms. The van der Waals surface area contributed by atoms with E-state index in [1.807, 2.05) is 12.3 Å². The molecule has 0 bridgehead atoms. The molecule has 1 unspecified atom stereocenters. The third kappa shape index (κ3) is 3.64. The van der Waals surface area contributed by atoms with Crippen molar-refractivity contribution in [2.45, 2.75) is 37.5 Å². The van der Waals surface area contributed by atoms with Crippen molar-refractivity contribution in [3.8, 4) is 0 Å². The van der Waals surface area contributed by atoms with Crippen LogP contribution >= 0.6 is 0 Å². The number of hydrogen-bond acceptors (Lipinski definition) is 5. The summed E-state index contributed by atoms with van der Waals surface area (Å²) in [5.41, 5.74) is 1.32.